The molecule has 0 aliphatic carbocycles. The Labute approximate surface area is 196 Å². The first-order valence-corrected chi connectivity index (χ1v) is 12.0. The summed E-state index contributed by atoms with van der Waals surface area (Å²) in [6.45, 7) is 1.19. The highest BCUT2D eigenvalue weighted by molar-refractivity contribution is 7.92. The van der Waals surface area contributed by atoms with Gasteiger partial charge in [0.15, 0.2) is 0 Å². The van der Waals surface area contributed by atoms with E-state index in [2.05, 4.69) is 9.71 Å². The van der Waals surface area contributed by atoms with E-state index in [9.17, 15) is 23.3 Å². The van der Waals surface area contributed by atoms with Crippen LogP contribution < -0.4 is 9.46 Å². The number of hydrogen-bond acceptors (Lipinski definition) is 7. The molecule has 12 heteroatoms. The van der Waals surface area contributed by atoms with Crippen LogP contribution in [-0.2, 0) is 10.0 Å². The second kappa shape index (κ2) is 9.51. The smallest absolute Gasteiger partial charge is 0.271 e. The van der Waals surface area contributed by atoms with E-state index >= 15 is 0 Å². The van der Waals surface area contributed by atoms with Crippen LogP contribution >= 0.6 is 0 Å². The Balaban J connectivity index is 1.45. The minimum atomic E-state index is -4.07. The number of hydrogen-bond donors (Lipinski definition) is 1. The zero-order chi connectivity index (χ0) is 24.3. The Hall–Kier alpha value is -3.93. The quantitative estimate of drug-likeness (QED) is 0.401. The Morgan fingerprint density at radius 2 is 1.88 bits per heavy atom. The van der Waals surface area contributed by atoms with Crippen LogP contribution in [0.5, 0.6) is 5.75 Å². The minimum absolute atomic E-state index is 0.0578. The number of nitrogens with zero attached hydrogens (tertiary/aromatic N) is 4. The number of benzene rings is 2. The number of piperidine rings is 1. The van der Waals surface area contributed by atoms with Crippen molar-refractivity contribution in [2.45, 2.75) is 23.8 Å². The standard InChI is InChI=1S/C22H23N5O6S/c1-33-21-7-4-18(27(29)30)14-20(21)24-34(31,32)19-5-2-16(3-6-19)22(28)25-11-8-17(9-12-25)26-13-10-23-15-26/h2-7,10,13-15,17,24H,8-9,11-12H2,1H3. The average Bonchev–Trinajstić information content (AvgIpc) is 3.38. The highest BCUT2D eigenvalue weighted by Crippen LogP contribution is 2.31. The summed E-state index contributed by atoms with van der Waals surface area (Å²) in [6.07, 6.45) is 7.04. The van der Waals surface area contributed by atoms with Gasteiger partial charge in [0.05, 0.1) is 28.9 Å². The minimum Gasteiger partial charge on any atom is -0.495 e. The number of ether oxygens (including phenoxy) is 1. The molecule has 34 heavy (non-hydrogen) atoms. The van der Waals surface area contributed by atoms with Crippen LogP contribution in [0.15, 0.2) is 66.1 Å². The number of aromatic nitrogens is 2. The predicted octanol–water partition coefficient (Wildman–Crippen LogP) is 3.08. The number of likely N-dealkylation sites (tertiary alicyclic amines) is 1. The molecule has 1 amide bonds. The number of carbonyl (C=O) groups excluding carboxylic acids is 1. The molecule has 1 fully saturated rings. The number of nitrogens with one attached hydrogen (secondary N) is 1. The molecule has 1 N–H and O–H groups in total. The summed E-state index contributed by atoms with van der Waals surface area (Å²) in [5.41, 5.74) is 0.0434. The van der Waals surface area contributed by atoms with E-state index in [-0.39, 0.29) is 27.9 Å². The number of imidazole rings is 1. The maximum atomic E-state index is 12.9. The van der Waals surface area contributed by atoms with Crippen LogP contribution in [0.1, 0.15) is 29.2 Å². The van der Waals surface area contributed by atoms with Gasteiger partial charge in [-0.15, -0.1) is 0 Å². The fourth-order valence-electron chi connectivity index (χ4n) is 3.90. The first-order valence-electron chi connectivity index (χ1n) is 10.5. The molecule has 1 saturated heterocycles. The van der Waals surface area contributed by atoms with Crippen LogP contribution in [0.2, 0.25) is 0 Å². The largest absolute Gasteiger partial charge is 0.495 e. The lowest BCUT2D eigenvalue weighted by molar-refractivity contribution is -0.384. The number of nitro benzene ring substituents is 1. The Bertz CT molecular complexity index is 1280. The molecule has 1 aliphatic heterocycles. The van der Waals surface area contributed by atoms with Crippen molar-refractivity contribution in [3.8, 4) is 5.75 Å². The molecule has 1 aliphatic rings. The van der Waals surface area contributed by atoms with E-state index in [1.54, 1.807) is 17.4 Å². The highest BCUT2D eigenvalue weighted by atomic mass is 32.2. The molecule has 2 aromatic carbocycles. The van der Waals surface area contributed by atoms with Crippen molar-refractivity contribution in [2.24, 2.45) is 0 Å². The number of non-ortho nitro benzene ring substituents is 1. The SMILES string of the molecule is COc1ccc([N+](=O)[O-])cc1NS(=O)(=O)c1ccc(C(=O)N2CCC(n3ccnc3)CC2)cc1. The zero-order valence-electron chi connectivity index (χ0n) is 18.3. The van der Waals surface area contributed by atoms with Crippen LogP contribution in [-0.4, -0.2) is 53.9 Å². The van der Waals surface area contributed by atoms with Gasteiger partial charge in [-0.05, 0) is 43.2 Å². The summed E-state index contributed by atoms with van der Waals surface area (Å²) in [5, 5.41) is 11.0. The third-order valence-electron chi connectivity index (χ3n) is 5.75. The Morgan fingerprint density at radius 1 is 1.18 bits per heavy atom. The Kier molecular flexibility index (Phi) is 6.50. The van der Waals surface area contributed by atoms with Crippen LogP contribution in [0.3, 0.4) is 0 Å². The average molecular weight is 486 g/mol. The molecule has 0 spiro atoms. The zero-order valence-corrected chi connectivity index (χ0v) is 19.1. The highest BCUT2D eigenvalue weighted by Gasteiger charge is 2.25. The number of methoxy groups -OCH3 is 1. The van der Waals surface area contributed by atoms with Crippen molar-refractivity contribution >= 4 is 27.3 Å². The molecular weight excluding hydrogens is 462 g/mol. The number of amides is 1. The molecular formula is C22H23N5O6S. The lowest BCUT2D eigenvalue weighted by atomic mass is 10.0. The van der Waals surface area contributed by atoms with Gasteiger partial charge in [0.1, 0.15) is 5.75 Å². The van der Waals surface area contributed by atoms with Crippen molar-refractivity contribution in [2.75, 3.05) is 24.9 Å². The third-order valence-corrected chi connectivity index (χ3v) is 7.13. The van der Waals surface area contributed by atoms with Gasteiger partial charge in [0.25, 0.3) is 21.6 Å². The number of nitro groups is 1. The van der Waals surface area contributed by atoms with Gasteiger partial charge >= 0.3 is 0 Å². The second-order valence-corrected chi connectivity index (χ2v) is 9.49. The van der Waals surface area contributed by atoms with Crippen molar-refractivity contribution in [3.63, 3.8) is 0 Å². The van der Waals surface area contributed by atoms with E-state index in [4.69, 9.17) is 4.74 Å². The van der Waals surface area contributed by atoms with E-state index < -0.39 is 14.9 Å². The predicted molar refractivity (Wildman–Crippen MR) is 123 cm³/mol. The van der Waals surface area contributed by atoms with E-state index in [1.807, 2.05) is 10.8 Å². The second-order valence-electron chi connectivity index (χ2n) is 7.80. The van der Waals surface area contributed by atoms with E-state index in [1.165, 1.54) is 43.5 Å². The van der Waals surface area contributed by atoms with Crippen molar-refractivity contribution in [3.05, 3.63) is 76.9 Å². The molecule has 0 saturated carbocycles. The number of rotatable bonds is 7. The summed E-state index contributed by atoms with van der Waals surface area (Å²) in [4.78, 5) is 29.0. The normalized spacial score (nSPS) is 14.6. The number of carbonyl (C=O) groups is 1. The molecule has 2 heterocycles. The topological polar surface area (TPSA) is 137 Å². The van der Waals surface area contributed by atoms with Crippen LogP contribution in [0.4, 0.5) is 11.4 Å². The summed E-state index contributed by atoms with van der Waals surface area (Å²) >= 11 is 0. The van der Waals surface area contributed by atoms with Gasteiger partial charge in [-0.25, -0.2) is 13.4 Å². The van der Waals surface area contributed by atoms with Gasteiger partial charge in [-0.1, -0.05) is 0 Å². The molecule has 11 nitrogen and oxygen atoms in total. The van der Waals surface area contributed by atoms with Gasteiger partial charge < -0.3 is 14.2 Å². The first-order chi connectivity index (χ1) is 16.3. The molecule has 4 rings (SSSR count). The molecule has 1 aromatic heterocycles. The van der Waals surface area contributed by atoms with Crippen molar-refractivity contribution < 1.29 is 22.9 Å². The van der Waals surface area contributed by atoms with Crippen LogP contribution in [0.25, 0.3) is 0 Å². The lowest BCUT2D eigenvalue weighted by Crippen LogP contribution is -2.38. The maximum Gasteiger partial charge on any atom is 0.271 e. The molecule has 3 aromatic rings. The summed E-state index contributed by atoms with van der Waals surface area (Å²) in [6, 6.07) is 9.50. The maximum absolute atomic E-state index is 12.9. The van der Waals surface area contributed by atoms with Crippen molar-refractivity contribution in [1.29, 1.82) is 0 Å². The van der Waals surface area contributed by atoms with Gasteiger partial charge in [0.2, 0.25) is 0 Å². The molecule has 0 atom stereocenters. The van der Waals surface area contributed by atoms with E-state index in [0.29, 0.717) is 24.7 Å². The monoisotopic (exact) mass is 485 g/mol. The van der Waals surface area contributed by atoms with Gasteiger partial charge in [0, 0.05) is 49.2 Å². The van der Waals surface area contributed by atoms with Gasteiger partial charge in [-0.2, -0.15) is 0 Å². The summed E-state index contributed by atoms with van der Waals surface area (Å²) < 4.78 is 35.2. The molecule has 0 radical (unpaired) electrons. The summed E-state index contributed by atoms with van der Waals surface area (Å²) in [7, 11) is -2.74. The fraction of sp³-hybridized carbons (Fsp3) is 0.273. The first kappa shape index (κ1) is 23.2. The third kappa shape index (κ3) is 4.86. The summed E-state index contributed by atoms with van der Waals surface area (Å²) in [5.74, 6) is -0.0265. The number of sulfonamides is 1. The Morgan fingerprint density at radius 3 is 2.47 bits per heavy atom. The number of anilines is 1. The molecule has 0 unspecified atom stereocenters. The fourth-order valence-corrected chi connectivity index (χ4v) is 4.97. The van der Waals surface area contributed by atoms with E-state index in [0.717, 1.165) is 18.9 Å². The van der Waals surface area contributed by atoms with Crippen molar-refractivity contribution in [1.82, 2.24) is 14.5 Å². The van der Waals surface area contributed by atoms with Gasteiger partial charge in [-0.3, -0.25) is 19.6 Å². The van der Waals surface area contributed by atoms with Crippen LogP contribution in [0, 0.1) is 10.1 Å². The lowest BCUT2D eigenvalue weighted by Gasteiger charge is -2.32. The molecule has 178 valence electrons. The molecule has 0 bridgehead atoms.